The van der Waals surface area contributed by atoms with E-state index in [-0.39, 0.29) is 29.3 Å². The molecule has 29 heavy (non-hydrogen) atoms. The second kappa shape index (κ2) is 7.75. The van der Waals surface area contributed by atoms with Crippen LogP contribution in [0.3, 0.4) is 0 Å². The first-order valence-corrected chi connectivity index (χ1v) is 8.76. The van der Waals surface area contributed by atoms with E-state index in [4.69, 9.17) is 4.74 Å². The standard InChI is InChI=1S/C20H19F3N2O4/c1-29-15-7-4-6-14(11-15)16-12-19(28,20(21,22)23)25(24-16)18(27)10-9-13-5-2-3-8-17(13)26/h2-8,11,26,28H,9-10,12H2,1H3/t19-/m1/s1. The summed E-state index contributed by atoms with van der Waals surface area (Å²) < 4.78 is 46.0. The highest BCUT2D eigenvalue weighted by Crippen LogP contribution is 2.42. The summed E-state index contributed by atoms with van der Waals surface area (Å²) in [5.41, 5.74) is -2.81. The number of para-hydroxylation sites is 1. The van der Waals surface area contributed by atoms with E-state index in [1.165, 1.54) is 25.3 Å². The smallest absolute Gasteiger partial charge is 0.438 e. The second-order valence-corrected chi connectivity index (χ2v) is 6.60. The predicted octanol–water partition coefficient (Wildman–Crippen LogP) is 3.22. The third-order valence-corrected chi connectivity index (χ3v) is 4.68. The number of aryl methyl sites for hydroxylation is 1. The molecule has 0 bridgehead atoms. The first kappa shape index (κ1) is 20.7. The van der Waals surface area contributed by atoms with Gasteiger partial charge in [-0.25, -0.2) is 0 Å². The zero-order valence-corrected chi connectivity index (χ0v) is 15.5. The summed E-state index contributed by atoms with van der Waals surface area (Å²) in [6, 6.07) is 12.4. The van der Waals surface area contributed by atoms with Crippen LogP contribution >= 0.6 is 0 Å². The molecule has 0 aliphatic carbocycles. The zero-order valence-electron chi connectivity index (χ0n) is 15.5. The summed E-state index contributed by atoms with van der Waals surface area (Å²) in [6.45, 7) is 0. The van der Waals surface area contributed by atoms with E-state index in [0.717, 1.165) is 0 Å². The molecule has 1 aliphatic heterocycles. The molecule has 2 aromatic carbocycles. The molecule has 6 nitrogen and oxygen atoms in total. The van der Waals surface area contributed by atoms with Gasteiger partial charge in [-0.15, -0.1) is 0 Å². The maximum Gasteiger partial charge on any atom is 0.438 e. The van der Waals surface area contributed by atoms with Crippen molar-refractivity contribution in [2.75, 3.05) is 7.11 Å². The number of hydrogen-bond acceptors (Lipinski definition) is 5. The Morgan fingerprint density at radius 3 is 2.62 bits per heavy atom. The summed E-state index contributed by atoms with van der Waals surface area (Å²) in [5, 5.41) is 24.0. The lowest BCUT2D eigenvalue weighted by Gasteiger charge is -2.32. The molecule has 1 atom stereocenters. The average Bonchev–Trinajstić information content (AvgIpc) is 3.06. The maximum absolute atomic E-state index is 13.6. The van der Waals surface area contributed by atoms with Gasteiger partial charge in [0.05, 0.1) is 19.2 Å². The number of benzene rings is 2. The summed E-state index contributed by atoms with van der Waals surface area (Å²) in [5.74, 6) is -0.663. The molecule has 2 N–H and O–H groups in total. The highest BCUT2D eigenvalue weighted by Gasteiger charge is 2.63. The van der Waals surface area contributed by atoms with Crippen LogP contribution < -0.4 is 4.74 Å². The van der Waals surface area contributed by atoms with Crippen molar-refractivity contribution >= 4 is 11.6 Å². The van der Waals surface area contributed by atoms with Crippen LogP contribution in [0, 0.1) is 0 Å². The minimum atomic E-state index is -5.11. The van der Waals surface area contributed by atoms with Gasteiger partial charge >= 0.3 is 6.18 Å². The second-order valence-electron chi connectivity index (χ2n) is 6.60. The number of alkyl halides is 3. The predicted molar refractivity (Wildman–Crippen MR) is 98.4 cm³/mol. The molecule has 0 fully saturated rings. The minimum Gasteiger partial charge on any atom is -0.508 e. The van der Waals surface area contributed by atoms with Gasteiger partial charge < -0.3 is 14.9 Å². The van der Waals surface area contributed by atoms with Gasteiger partial charge in [0.25, 0.3) is 5.72 Å². The molecule has 1 aliphatic rings. The topological polar surface area (TPSA) is 82.4 Å². The number of methoxy groups -OCH3 is 1. The molecule has 1 heterocycles. The molecule has 0 aromatic heterocycles. The van der Waals surface area contributed by atoms with Crippen LogP contribution in [-0.4, -0.2) is 45.9 Å². The molecular formula is C20H19F3N2O4. The number of carbonyl (C=O) groups is 1. The number of phenolic OH excluding ortho intramolecular Hbond substituents is 1. The molecule has 2 aromatic rings. The normalized spacial score (nSPS) is 19.2. The highest BCUT2D eigenvalue weighted by molar-refractivity contribution is 6.03. The number of hydrazone groups is 1. The lowest BCUT2D eigenvalue weighted by molar-refractivity contribution is -0.302. The lowest BCUT2D eigenvalue weighted by atomic mass is 10.0. The minimum absolute atomic E-state index is 0.0000427. The Bertz CT molecular complexity index is 945. The van der Waals surface area contributed by atoms with Gasteiger partial charge in [-0.3, -0.25) is 4.79 Å². The number of nitrogens with zero attached hydrogens (tertiary/aromatic N) is 2. The molecule has 0 saturated heterocycles. The van der Waals surface area contributed by atoms with Crippen LogP contribution in [0.25, 0.3) is 0 Å². The van der Waals surface area contributed by atoms with E-state index in [9.17, 15) is 28.2 Å². The Labute approximate surface area is 164 Å². The molecule has 0 spiro atoms. The number of phenols is 1. The van der Waals surface area contributed by atoms with Crippen LogP contribution in [0.4, 0.5) is 13.2 Å². The van der Waals surface area contributed by atoms with Crippen molar-refractivity contribution < 1.29 is 32.9 Å². The summed E-state index contributed by atoms with van der Waals surface area (Å²) in [7, 11) is 1.41. The number of halogens is 3. The molecule has 1 amide bonds. The average molecular weight is 408 g/mol. The van der Waals surface area contributed by atoms with E-state index in [1.807, 2.05) is 0 Å². The number of aromatic hydroxyl groups is 1. The van der Waals surface area contributed by atoms with Crippen molar-refractivity contribution in [3.8, 4) is 11.5 Å². The molecule has 3 rings (SSSR count). The van der Waals surface area contributed by atoms with Crippen molar-refractivity contribution in [2.24, 2.45) is 5.10 Å². The van der Waals surface area contributed by atoms with Gasteiger partial charge in [-0.2, -0.15) is 23.3 Å². The first-order chi connectivity index (χ1) is 13.7. The van der Waals surface area contributed by atoms with E-state index in [1.54, 1.807) is 30.3 Å². The molecular weight excluding hydrogens is 389 g/mol. The van der Waals surface area contributed by atoms with Crippen LogP contribution in [0.2, 0.25) is 0 Å². The maximum atomic E-state index is 13.6. The lowest BCUT2D eigenvalue weighted by Crippen LogP contribution is -2.56. The van der Waals surface area contributed by atoms with Gasteiger partial charge in [-0.1, -0.05) is 30.3 Å². The fraction of sp³-hybridized carbons (Fsp3) is 0.300. The molecule has 9 heteroatoms. The van der Waals surface area contributed by atoms with Crippen LogP contribution in [0.1, 0.15) is 24.0 Å². The number of rotatable bonds is 5. The Morgan fingerprint density at radius 1 is 1.24 bits per heavy atom. The van der Waals surface area contributed by atoms with Crippen molar-refractivity contribution in [1.82, 2.24) is 5.01 Å². The van der Waals surface area contributed by atoms with Crippen molar-refractivity contribution in [3.05, 3.63) is 59.7 Å². The molecule has 0 saturated carbocycles. The van der Waals surface area contributed by atoms with E-state index in [2.05, 4.69) is 5.10 Å². The van der Waals surface area contributed by atoms with Gasteiger partial charge in [0.15, 0.2) is 0 Å². The first-order valence-electron chi connectivity index (χ1n) is 8.76. The summed E-state index contributed by atoms with van der Waals surface area (Å²) in [4.78, 5) is 12.5. The van der Waals surface area contributed by atoms with Crippen LogP contribution in [0.5, 0.6) is 11.5 Å². The fourth-order valence-electron chi connectivity index (χ4n) is 3.06. The summed E-state index contributed by atoms with van der Waals surface area (Å²) >= 11 is 0. The van der Waals surface area contributed by atoms with Crippen molar-refractivity contribution in [2.45, 2.75) is 31.2 Å². The van der Waals surface area contributed by atoms with E-state index < -0.39 is 24.2 Å². The Hall–Kier alpha value is -3.07. The summed E-state index contributed by atoms with van der Waals surface area (Å²) in [6.07, 6.45) is -6.38. The number of hydrogen-bond donors (Lipinski definition) is 2. The van der Waals surface area contributed by atoms with Crippen molar-refractivity contribution in [3.63, 3.8) is 0 Å². The van der Waals surface area contributed by atoms with Gasteiger partial charge in [0, 0.05) is 12.0 Å². The van der Waals surface area contributed by atoms with Gasteiger partial charge in [-0.05, 0) is 30.2 Å². The van der Waals surface area contributed by atoms with Gasteiger partial charge in [0.2, 0.25) is 5.91 Å². The van der Waals surface area contributed by atoms with Crippen LogP contribution in [-0.2, 0) is 11.2 Å². The monoisotopic (exact) mass is 408 g/mol. The van der Waals surface area contributed by atoms with E-state index >= 15 is 0 Å². The number of aliphatic hydroxyl groups is 1. The quantitative estimate of drug-likeness (QED) is 0.796. The Morgan fingerprint density at radius 2 is 1.97 bits per heavy atom. The van der Waals surface area contributed by atoms with Crippen LogP contribution in [0.15, 0.2) is 53.6 Å². The SMILES string of the molecule is COc1cccc(C2=NN(C(=O)CCc3ccccc3O)[C@](O)(C(F)(F)F)C2)c1. The fourth-order valence-corrected chi connectivity index (χ4v) is 3.06. The Kier molecular flexibility index (Phi) is 5.52. The molecule has 0 radical (unpaired) electrons. The number of carbonyl (C=O) groups excluding carboxylic acids is 1. The third kappa shape index (κ3) is 4.04. The van der Waals surface area contributed by atoms with Gasteiger partial charge in [0.1, 0.15) is 11.5 Å². The number of amides is 1. The Balaban J connectivity index is 1.88. The molecule has 154 valence electrons. The van der Waals surface area contributed by atoms with E-state index in [0.29, 0.717) is 16.9 Å². The van der Waals surface area contributed by atoms with Crippen molar-refractivity contribution in [1.29, 1.82) is 0 Å². The largest absolute Gasteiger partial charge is 0.508 e. The highest BCUT2D eigenvalue weighted by atomic mass is 19.4. The molecule has 0 unspecified atom stereocenters. The zero-order chi connectivity index (χ0) is 21.2. The third-order valence-electron chi connectivity index (χ3n) is 4.68. The number of ether oxygens (including phenoxy) is 1.